The Balaban J connectivity index is 1.54. The van der Waals surface area contributed by atoms with E-state index >= 15 is 0 Å². The van der Waals surface area contributed by atoms with Crippen LogP contribution in [0.4, 0.5) is 10.5 Å². The minimum absolute atomic E-state index is 0.126. The molecule has 1 N–H and O–H groups in total. The van der Waals surface area contributed by atoms with Crippen molar-refractivity contribution in [3.63, 3.8) is 0 Å². The van der Waals surface area contributed by atoms with Gasteiger partial charge in [-0.2, -0.15) is 0 Å². The van der Waals surface area contributed by atoms with Gasteiger partial charge in [-0.3, -0.25) is 4.79 Å². The maximum Gasteiger partial charge on any atom is 0.333 e. The summed E-state index contributed by atoms with van der Waals surface area (Å²) < 4.78 is 7.48. The first-order chi connectivity index (χ1) is 15.3. The Kier molecular flexibility index (Phi) is 6.90. The van der Waals surface area contributed by atoms with Crippen molar-refractivity contribution in [2.24, 2.45) is 0 Å². The summed E-state index contributed by atoms with van der Waals surface area (Å²) in [7, 11) is 0. The molecule has 1 aliphatic rings. The molecule has 0 radical (unpaired) electrons. The van der Waals surface area contributed by atoms with E-state index in [1.807, 2.05) is 24.3 Å². The normalized spacial score (nSPS) is 14.8. The largest absolute Gasteiger partial charge is 0.486 e. The van der Waals surface area contributed by atoms with Crippen molar-refractivity contribution in [3.05, 3.63) is 96.5 Å². The lowest BCUT2D eigenvalue weighted by Gasteiger charge is -2.12. The lowest BCUT2D eigenvalue weighted by Crippen LogP contribution is -2.30. The second kappa shape index (κ2) is 9.67. The van der Waals surface area contributed by atoms with Gasteiger partial charge in [0.2, 0.25) is 0 Å². The molecule has 1 saturated heterocycles. The summed E-state index contributed by atoms with van der Waals surface area (Å²) in [5.74, 6) is -0.000787. The van der Waals surface area contributed by atoms with Gasteiger partial charge in [-0.15, -0.1) is 0 Å². The Hall–Kier alpha value is -2.32. The first kappa shape index (κ1) is 22.9. The van der Waals surface area contributed by atoms with E-state index in [-0.39, 0.29) is 5.70 Å². The number of halogens is 4. The number of nitrogens with one attached hydrogen (secondary N) is 1. The molecule has 0 bridgehead atoms. The van der Waals surface area contributed by atoms with Gasteiger partial charge < -0.3 is 10.1 Å². The molecule has 5 nitrogen and oxygen atoms in total. The zero-order valence-electron chi connectivity index (χ0n) is 16.2. The molecule has 0 spiro atoms. The molecule has 0 aromatic heterocycles. The number of imide groups is 1. The highest BCUT2D eigenvalue weighted by Gasteiger charge is 2.35. The maximum absolute atomic E-state index is 12.8. The number of rotatable bonds is 5. The molecule has 1 aliphatic heterocycles. The van der Waals surface area contributed by atoms with Crippen LogP contribution >= 0.6 is 55.1 Å². The number of hydrogen-bond donors (Lipinski definition) is 1. The topological polar surface area (TPSA) is 58.6 Å². The third-order valence-corrected chi connectivity index (χ3v) is 6.21. The molecule has 0 unspecified atom stereocenters. The highest BCUT2D eigenvalue weighted by Crippen LogP contribution is 2.36. The molecule has 3 amide bonds. The van der Waals surface area contributed by atoms with Gasteiger partial charge in [0.05, 0.1) is 15.2 Å². The lowest BCUT2D eigenvalue weighted by molar-refractivity contribution is -0.113. The predicted octanol–water partition coefficient (Wildman–Crippen LogP) is 7.19. The Labute approximate surface area is 211 Å². The van der Waals surface area contributed by atoms with E-state index in [4.69, 9.17) is 27.9 Å². The van der Waals surface area contributed by atoms with Crippen LogP contribution in [0.5, 0.6) is 5.75 Å². The predicted molar refractivity (Wildman–Crippen MR) is 133 cm³/mol. The maximum atomic E-state index is 12.8. The summed E-state index contributed by atoms with van der Waals surface area (Å²) in [5, 5.41) is 3.38. The molecule has 3 aromatic rings. The van der Waals surface area contributed by atoms with E-state index in [1.54, 1.807) is 42.5 Å². The van der Waals surface area contributed by atoms with Crippen molar-refractivity contribution in [2.45, 2.75) is 6.61 Å². The number of amides is 3. The zero-order chi connectivity index (χ0) is 22.8. The highest BCUT2D eigenvalue weighted by atomic mass is 79.9. The monoisotopic (exact) mass is 594 g/mol. The summed E-state index contributed by atoms with van der Waals surface area (Å²) in [6.45, 7) is 0.342. The van der Waals surface area contributed by atoms with Crippen molar-refractivity contribution in [3.8, 4) is 5.75 Å². The second-order valence-corrected chi connectivity index (χ2v) is 9.45. The number of benzene rings is 3. The van der Waals surface area contributed by atoms with Gasteiger partial charge in [0.25, 0.3) is 5.91 Å². The summed E-state index contributed by atoms with van der Waals surface area (Å²) >= 11 is 19.3. The molecular formula is C23H14Br2Cl2N2O3. The van der Waals surface area contributed by atoms with E-state index in [0.717, 1.165) is 14.9 Å². The van der Waals surface area contributed by atoms with E-state index in [0.29, 0.717) is 38.1 Å². The Morgan fingerprint density at radius 2 is 1.75 bits per heavy atom. The average Bonchev–Trinajstić information content (AvgIpc) is 3.01. The van der Waals surface area contributed by atoms with Crippen molar-refractivity contribution >= 4 is 78.8 Å². The number of anilines is 1. The molecule has 0 atom stereocenters. The summed E-state index contributed by atoms with van der Waals surface area (Å²) in [6, 6.07) is 17.2. The average molecular weight is 597 g/mol. The third kappa shape index (κ3) is 5.02. The molecule has 0 aliphatic carbocycles. The van der Waals surface area contributed by atoms with Crippen molar-refractivity contribution in [1.82, 2.24) is 5.32 Å². The lowest BCUT2D eigenvalue weighted by atomic mass is 10.1. The van der Waals surface area contributed by atoms with Crippen LogP contribution in [0.3, 0.4) is 0 Å². The number of hydrogen-bond acceptors (Lipinski definition) is 3. The zero-order valence-corrected chi connectivity index (χ0v) is 20.9. The summed E-state index contributed by atoms with van der Waals surface area (Å²) in [6.07, 6.45) is 1.56. The number of carbonyl (C=O) groups is 2. The van der Waals surface area contributed by atoms with Crippen molar-refractivity contribution < 1.29 is 14.3 Å². The van der Waals surface area contributed by atoms with Crippen LogP contribution in [0.15, 0.2) is 75.3 Å². The number of carbonyl (C=O) groups excluding carboxylic acids is 2. The summed E-state index contributed by atoms with van der Waals surface area (Å²) in [5.41, 5.74) is 2.12. The van der Waals surface area contributed by atoms with Gasteiger partial charge in [-0.05, 0) is 75.6 Å². The van der Waals surface area contributed by atoms with Crippen molar-refractivity contribution in [1.29, 1.82) is 0 Å². The Morgan fingerprint density at radius 1 is 1.00 bits per heavy atom. The number of nitrogens with zero attached hydrogens (tertiary/aromatic N) is 1. The standard InChI is InChI=1S/C23H14Br2Cl2N2O3/c24-15-6-4-13(5-7-15)12-32-21-18(25)8-14(9-19(21)27)10-20-22(30)29(23(31)28-20)17-3-1-2-16(26)11-17/h1-11H,12H2,(H,28,31)/b20-10+. The molecule has 32 heavy (non-hydrogen) atoms. The van der Waals surface area contributed by atoms with Gasteiger partial charge in [-0.25, -0.2) is 9.69 Å². The molecule has 1 fully saturated rings. The Bertz CT molecular complexity index is 1220. The van der Waals surface area contributed by atoms with Gasteiger partial charge in [0.15, 0.2) is 5.75 Å². The van der Waals surface area contributed by atoms with Crippen LogP contribution in [-0.2, 0) is 11.4 Å². The van der Waals surface area contributed by atoms with E-state index in [9.17, 15) is 9.59 Å². The molecule has 162 valence electrons. The molecular weight excluding hydrogens is 583 g/mol. The van der Waals surface area contributed by atoms with Gasteiger partial charge in [0.1, 0.15) is 12.3 Å². The quantitative estimate of drug-likeness (QED) is 0.250. The van der Waals surface area contributed by atoms with Gasteiger partial charge in [0, 0.05) is 9.50 Å². The van der Waals surface area contributed by atoms with Crippen LogP contribution in [0.25, 0.3) is 6.08 Å². The fourth-order valence-corrected chi connectivity index (χ4v) is 4.53. The number of urea groups is 1. The van der Waals surface area contributed by atoms with Crippen LogP contribution in [-0.4, -0.2) is 11.9 Å². The van der Waals surface area contributed by atoms with Crippen LogP contribution in [0.2, 0.25) is 10.0 Å². The minimum Gasteiger partial charge on any atom is -0.486 e. The molecule has 4 rings (SSSR count). The SMILES string of the molecule is O=C1N/C(=C/c2cc(Cl)c(OCc3ccc(Br)cc3)c(Br)c2)C(=O)N1c1cccc(Cl)c1. The molecule has 1 heterocycles. The van der Waals surface area contributed by atoms with Gasteiger partial charge >= 0.3 is 6.03 Å². The fourth-order valence-electron chi connectivity index (χ4n) is 3.09. The van der Waals surface area contributed by atoms with E-state index in [2.05, 4.69) is 37.2 Å². The minimum atomic E-state index is -0.553. The van der Waals surface area contributed by atoms with E-state index < -0.39 is 11.9 Å². The van der Waals surface area contributed by atoms with E-state index in [1.165, 1.54) is 0 Å². The number of ether oxygens (including phenoxy) is 1. The van der Waals surface area contributed by atoms with Gasteiger partial charge in [-0.1, -0.05) is 57.3 Å². The molecule has 9 heteroatoms. The smallest absolute Gasteiger partial charge is 0.333 e. The molecule has 0 saturated carbocycles. The first-order valence-electron chi connectivity index (χ1n) is 9.31. The fraction of sp³-hybridized carbons (Fsp3) is 0.0435. The van der Waals surface area contributed by atoms with Crippen LogP contribution in [0.1, 0.15) is 11.1 Å². The summed E-state index contributed by atoms with van der Waals surface area (Å²) in [4.78, 5) is 26.2. The van der Waals surface area contributed by atoms with Crippen LogP contribution in [0, 0.1) is 0 Å². The highest BCUT2D eigenvalue weighted by molar-refractivity contribution is 9.10. The first-order valence-corrected chi connectivity index (χ1v) is 11.6. The van der Waals surface area contributed by atoms with Crippen molar-refractivity contribution in [2.75, 3.05) is 4.90 Å². The third-order valence-electron chi connectivity index (χ3n) is 4.57. The Morgan fingerprint density at radius 3 is 2.44 bits per heavy atom. The molecule has 3 aromatic carbocycles. The van der Waals surface area contributed by atoms with Crippen LogP contribution < -0.4 is 15.0 Å². The second-order valence-electron chi connectivity index (χ2n) is 6.84.